The third kappa shape index (κ3) is 7.34. The standard InChI is InChI=1S/C42H44Cl2N4O/c1-25(2)37-11-9-12-38(26(3)4)41(37)29-21-45-47(23-29)33-15-31(43)17-35(19-33)49-36-18-32(44)16-34(20-36)48-24-30(22-46-48)42-39(27(5)6)13-10-14-40(42)28(7)8/h9-28H,1-8H3. The van der Waals surface area contributed by atoms with Gasteiger partial charge in [-0.15, -0.1) is 0 Å². The van der Waals surface area contributed by atoms with Gasteiger partial charge in [-0.05, 0) is 81.3 Å². The minimum absolute atomic E-state index is 0.382. The molecular formula is C42H44Cl2N4O. The molecule has 0 saturated carbocycles. The number of benzene rings is 4. The third-order valence-electron chi connectivity index (χ3n) is 8.97. The lowest BCUT2D eigenvalue weighted by Crippen LogP contribution is -1.99. The normalized spacial score (nSPS) is 11.8. The average Bonchev–Trinajstić information content (AvgIpc) is 3.74. The molecule has 2 heterocycles. The van der Waals surface area contributed by atoms with Gasteiger partial charge in [0.15, 0.2) is 0 Å². The smallest absolute Gasteiger partial charge is 0.131 e. The molecule has 0 fully saturated rings. The van der Waals surface area contributed by atoms with E-state index in [0.29, 0.717) is 45.2 Å². The molecule has 0 spiro atoms. The lowest BCUT2D eigenvalue weighted by Gasteiger charge is -2.18. The van der Waals surface area contributed by atoms with Crippen molar-refractivity contribution >= 4 is 23.2 Å². The van der Waals surface area contributed by atoms with Crippen molar-refractivity contribution in [1.29, 1.82) is 0 Å². The molecule has 0 aliphatic rings. The Bertz CT molecular complexity index is 1900. The molecule has 5 nitrogen and oxygen atoms in total. The molecular weight excluding hydrogens is 647 g/mol. The summed E-state index contributed by atoms with van der Waals surface area (Å²) < 4.78 is 10.1. The summed E-state index contributed by atoms with van der Waals surface area (Å²) in [5, 5.41) is 10.6. The highest BCUT2D eigenvalue weighted by Crippen LogP contribution is 2.39. The van der Waals surface area contributed by atoms with Crippen LogP contribution in [0, 0.1) is 0 Å². The van der Waals surface area contributed by atoms with Crippen LogP contribution in [-0.2, 0) is 0 Å². The summed E-state index contributed by atoms with van der Waals surface area (Å²) in [4.78, 5) is 0. The van der Waals surface area contributed by atoms with E-state index < -0.39 is 0 Å². The highest BCUT2D eigenvalue weighted by Gasteiger charge is 2.19. The highest BCUT2D eigenvalue weighted by atomic mass is 35.5. The van der Waals surface area contributed by atoms with Gasteiger partial charge in [0.2, 0.25) is 0 Å². The first-order valence-electron chi connectivity index (χ1n) is 17.0. The monoisotopic (exact) mass is 690 g/mol. The van der Waals surface area contributed by atoms with Crippen LogP contribution in [-0.4, -0.2) is 19.6 Å². The second-order valence-electron chi connectivity index (χ2n) is 14.0. The largest absolute Gasteiger partial charge is 0.457 e. The van der Waals surface area contributed by atoms with Crippen molar-refractivity contribution in [3.8, 4) is 45.1 Å². The van der Waals surface area contributed by atoms with Crippen molar-refractivity contribution in [2.24, 2.45) is 0 Å². The van der Waals surface area contributed by atoms with Gasteiger partial charge in [0.05, 0.1) is 23.8 Å². The van der Waals surface area contributed by atoms with E-state index in [1.54, 1.807) is 12.1 Å². The molecule has 7 heteroatoms. The van der Waals surface area contributed by atoms with Gasteiger partial charge in [-0.1, -0.05) is 115 Å². The molecule has 2 aromatic heterocycles. The Hall–Kier alpha value is -4.32. The van der Waals surface area contributed by atoms with Crippen LogP contribution < -0.4 is 4.74 Å². The Balaban J connectivity index is 1.31. The predicted octanol–water partition coefficient (Wildman–Crippen LogP) is 13.0. The summed E-state index contributed by atoms with van der Waals surface area (Å²) in [7, 11) is 0. The van der Waals surface area contributed by atoms with Crippen LogP contribution in [0.1, 0.15) is 101 Å². The van der Waals surface area contributed by atoms with Crippen LogP contribution in [0.25, 0.3) is 33.6 Å². The van der Waals surface area contributed by atoms with E-state index in [-0.39, 0.29) is 0 Å². The molecule has 0 saturated heterocycles. The van der Waals surface area contributed by atoms with Gasteiger partial charge in [0.1, 0.15) is 11.5 Å². The molecule has 0 radical (unpaired) electrons. The fourth-order valence-corrected chi connectivity index (χ4v) is 7.01. The number of hydrogen-bond acceptors (Lipinski definition) is 3. The van der Waals surface area contributed by atoms with Crippen molar-refractivity contribution in [3.63, 3.8) is 0 Å². The van der Waals surface area contributed by atoms with Gasteiger partial charge in [-0.2, -0.15) is 10.2 Å². The lowest BCUT2D eigenvalue weighted by molar-refractivity contribution is 0.482. The van der Waals surface area contributed by atoms with E-state index in [1.807, 2.05) is 46.0 Å². The Morgan fingerprint density at radius 2 is 0.857 bits per heavy atom. The van der Waals surface area contributed by atoms with Crippen molar-refractivity contribution < 1.29 is 4.74 Å². The molecule has 0 bridgehead atoms. The SMILES string of the molecule is CC(C)c1cccc(C(C)C)c1-c1cnn(-c2cc(Cl)cc(Oc3cc(Cl)cc(-n4cc(-c5c(C(C)C)cccc5C(C)C)cn4)c3)c2)c1. The van der Waals surface area contributed by atoms with Crippen LogP contribution in [0.3, 0.4) is 0 Å². The zero-order valence-electron chi connectivity index (χ0n) is 29.5. The first kappa shape index (κ1) is 34.5. The summed E-state index contributed by atoms with van der Waals surface area (Å²) in [6, 6.07) is 24.4. The van der Waals surface area contributed by atoms with Gasteiger partial charge >= 0.3 is 0 Å². The molecule has 6 aromatic rings. The molecule has 0 atom stereocenters. The van der Waals surface area contributed by atoms with Crippen molar-refractivity contribution in [3.05, 3.63) is 130 Å². The Labute approximate surface area is 300 Å². The molecule has 6 rings (SSSR count). The number of aromatic nitrogens is 4. The Morgan fingerprint density at radius 3 is 1.18 bits per heavy atom. The maximum Gasteiger partial charge on any atom is 0.131 e. The van der Waals surface area contributed by atoms with Crippen molar-refractivity contribution in [1.82, 2.24) is 19.6 Å². The van der Waals surface area contributed by atoms with Gasteiger partial charge in [0, 0.05) is 45.7 Å². The molecule has 0 aliphatic carbocycles. The third-order valence-corrected chi connectivity index (χ3v) is 9.40. The maximum absolute atomic E-state index is 6.65. The summed E-state index contributed by atoms with van der Waals surface area (Å²) in [5.74, 6) is 2.68. The van der Waals surface area contributed by atoms with Gasteiger partial charge in [-0.3, -0.25) is 0 Å². The van der Waals surface area contributed by atoms with E-state index in [1.165, 1.54) is 33.4 Å². The quantitative estimate of drug-likeness (QED) is 0.144. The van der Waals surface area contributed by atoms with E-state index in [9.17, 15) is 0 Å². The van der Waals surface area contributed by atoms with Crippen molar-refractivity contribution in [2.75, 3.05) is 0 Å². The molecule has 252 valence electrons. The summed E-state index contributed by atoms with van der Waals surface area (Å²) in [6.45, 7) is 17.8. The topological polar surface area (TPSA) is 44.9 Å². The zero-order valence-corrected chi connectivity index (χ0v) is 31.0. The maximum atomic E-state index is 6.65. The number of nitrogens with zero attached hydrogens (tertiary/aromatic N) is 4. The minimum atomic E-state index is 0.382. The predicted molar refractivity (Wildman–Crippen MR) is 204 cm³/mol. The van der Waals surface area contributed by atoms with E-state index in [2.05, 4.69) is 104 Å². The van der Waals surface area contributed by atoms with E-state index >= 15 is 0 Å². The Morgan fingerprint density at radius 1 is 0.510 bits per heavy atom. The average molecular weight is 692 g/mol. The highest BCUT2D eigenvalue weighted by molar-refractivity contribution is 6.31. The summed E-state index contributed by atoms with van der Waals surface area (Å²) in [5.41, 5.74) is 11.5. The molecule has 0 N–H and O–H groups in total. The lowest BCUT2D eigenvalue weighted by atomic mass is 9.86. The summed E-state index contributed by atoms with van der Waals surface area (Å²) in [6.07, 6.45) is 7.99. The van der Waals surface area contributed by atoms with Gasteiger partial charge < -0.3 is 4.74 Å². The fraction of sp³-hybridized carbons (Fsp3) is 0.286. The first-order chi connectivity index (χ1) is 23.4. The summed E-state index contributed by atoms with van der Waals surface area (Å²) >= 11 is 13.3. The van der Waals surface area contributed by atoms with Crippen LogP contribution in [0.2, 0.25) is 10.0 Å². The number of halogens is 2. The second kappa shape index (κ2) is 14.3. The first-order valence-corrected chi connectivity index (χ1v) is 17.8. The van der Waals surface area contributed by atoms with Gasteiger partial charge in [-0.25, -0.2) is 9.36 Å². The van der Waals surface area contributed by atoms with E-state index in [4.69, 9.17) is 38.1 Å². The van der Waals surface area contributed by atoms with Crippen LogP contribution in [0.15, 0.2) is 97.6 Å². The number of hydrogen-bond donors (Lipinski definition) is 0. The molecule has 0 aliphatic heterocycles. The molecule has 0 unspecified atom stereocenters. The molecule has 4 aromatic carbocycles. The Kier molecular flexibility index (Phi) is 10.1. The number of rotatable bonds is 10. The van der Waals surface area contributed by atoms with Crippen LogP contribution in [0.4, 0.5) is 0 Å². The van der Waals surface area contributed by atoms with Crippen LogP contribution >= 0.6 is 23.2 Å². The van der Waals surface area contributed by atoms with E-state index in [0.717, 1.165) is 22.5 Å². The second-order valence-corrected chi connectivity index (χ2v) is 14.9. The zero-order chi connectivity index (χ0) is 35.0. The minimum Gasteiger partial charge on any atom is -0.457 e. The number of ether oxygens (including phenoxy) is 1. The molecule has 49 heavy (non-hydrogen) atoms. The van der Waals surface area contributed by atoms with Crippen molar-refractivity contribution in [2.45, 2.75) is 79.1 Å². The molecule has 0 amide bonds. The fourth-order valence-electron chi connectivity index (χ4n) is 6.57. The van der Waals surface area contributed by atoms with Gasteiger partial charge in [0.25, 0.3) is 0 Å². The van der Waals surface area contributed by atoms with Crippen LogP contribution in [0.5, 0.6) is 11.5 Å².